The van der Waals surface area contributed by atoms with E-state index in [0.717, 1.165) is 28.3 Å². The SMILES string of the molecule is COc1cccc(CN(C[C@@H](O)[C@H](Cc2cc(F)cc(F)c2)NC(=O)c2cc(C(C)=NOCc3ccccc3)cc(N(c3ccccc3)S(C)(=O)=O)c2)C(=O)OC(C)(C)C)c1. The summed E-state index contributed by atoms with van der Waals surface area (Å²) < 4.78 is 67.9. The number of methoxy groups -OCH3 is 1. The van der Waals surface area contributed by atoms with E-state index >= 15 is 0 Å². The smallest absolute Gasteiger partial charge is 0.410 e. The van der Waals surface area contributed by atoms with E-state index in [-0.39, 0.29) is 42.9 Å². The average Bonchev–Trinajstić information content (AvgIpc) is 3.19. The van der Waals surface area contributed by atoms with E-state index in [0.29, 0.717) is 34.3 Å². The zero-order valence-corrected chi connectivity index (χ0v) is 35.7. The number of amides is 2. The number of nitrogens with one attached hydrogen (secondary N) is 1. The first kappa shape index (κ1) is 45.8. The molecule has 0 unspecified atom stereocenters. The topological polar surface area (TPSA) is 147 Å². The molecule has 0 aliphatic heterocycles. The van der Waals surface area contributed by atoms with E-state index in [1.165, 1.54) is 24.1 Å². The van der Waals surface area contributed by atoms with E-state index < -0.39 is 51.4 Å². The maximum absolute atomic E-state index is 14.5. The molecule has 0 aromatic heterocycles. The summed E-state index contributed by atoms with van der Waals surface area (Å²) in [7, 11) is -2.49. The fourth-order valence-electron chi connectivity index (χ4n) is 6.39. The first-order valence-corrected chi connectivity index (χ1v) is 21.2. The Morgan fingerprint density at radius 2 is 1.43 bits per heavy atom. The molecule has 5 aromatic carbocycles. The quantitative estimate of drug-likeness (QED) is 0.0704. The van der Waals surface area contributed by atoms with E-state index in [9.17, 15) is 31.9 Å². The predicted molar refractivity (Wildman–Crippen MR) is 230 cm³/mol. The van der Waals surface area contributed by atoms with E-state index in [2.05, 4.69) is 10.5 Å². The number of aliphatic hydroxyl groups excluding tert-OH is 1. The molecule has 0 saturated heterocycles. The van der Waals surface area contributed by atoms with Gasteiger partial charge in [-0.25, -0.2) is 26.3 Å². The Morgan fingerprint density at radius 3 is 2.05 bits per heavy atom. The number of sulfonamides is 1. The predicted octanol–water partition coefficient (Wildman–Crippen LogP) is 8.15. The van der Waals surface area contributed by atoms with Crippen molar-refractivity contribution in [2.75, 3.05) is 24.2 Å². The number of rotatable bonds is 17. The molecule has 61 heavy (non-hydrogen) atoms. The summed E-state index contributed by atoms with van der Waals surface area (Å²) in [4.78, 5) is 35.0. The standard InChI is InChI=1S/C46H50F2N4O8S/c1-31(50-59-30-32-14-9-7-10-15-32)35-24-36(26-40(25-35)52(61(6,56)57)39-17-11-8-12-18-39)44(54)49-42(23-34-20-37(47)27-38(48)21-34)43(53)29-51(45(55)60-46(2,3)4)28-33-16-13-19-41(22-33)58-5/h7-22,24-27,42-43,53H,23,28-30H2,1-6H3,(H,49,54)/t42-,43+/m0/s1. The van der Waals surface area contributed by atoms with Gasteiger partial charge in [0.25, 0.3) is 5.91 Å². The van der Waals surface area contributed by atoms with Crippen molar-refractivity contribution >= 4 is 39.1 Å². The number of carbonyl (C=O) groups excluding carboxylic acids is 2. The van der Waals surface area contributed by atoms with Crippen LogP contribution < -0.4 is 14.4 Å². The van der Waals surface area contributed by atoms with Gasteiger partial charge in [0.2, 0.25) is 10.0 Å². The fourth-order valence-corrected chi connectivity index (χ4v) is 7.38. The lowest BCUT2D eigenvalue weighted by atomic mass is 9.99. The lowest BCUT2D eigenvalue weighted by Gasteiger charge is -2.32. The Kier molecular flexibility index (Phi) is 15.2. The van der Waals surface area contributed by atoms with Crippen LogP contribution in [0, 0.1) is 11.6 Å². The van der Waals surface area contributed by atoms with E-state index in [1.54, 1.807) is 88.4 Å². The zero-order chi connectivity index (χ0) is 44.3. The number of benzene rings is 5. The van der Waals surface area contributed by atoms with Crippen molar-refractivity contribution in [2.24, 2.45) is 5.16 Å². The number of ether oxygens (including phenoxy) is 2. The van der Waals surface area contributed by atoms with Crippen LogP contribution >= 0.6 is 0 Å². The minimum atomic E-state index is -4.00. The Bertz CT molecular complexity index is 2410. The minimum Gasteiger partial charge on any atom is -0.497 e. The van der Waals surface area contributed by atoms with E-state index in [4.69, 9.17) is 14.3 Å². The Hall–Kier alpha value is -6.32. The largest absolute Gasteiger partial charge is 0.497 e. The van der Waals surface area contributed by atoms with Gasteiger partial charge in [-0.1, -0.05) is 65.8 Å². The second-order valence-electron chi connectivity index (χ2n) is 15.4. The van der Waals surface area contributed by atoms with Gasteiger partial charge in [0.05, 0.1) is 49.1 Å². The highest BCUT2D eigenvalue weighted by Gasteiger charge is 2.31. The number of aliphatic hydroxyl groups is 1. The highest BCUT2D eigenvalue weighted by Crippen LogP contribution is 2.31. The average molecular weight is 857 g/mol. The summed E-state index contributed by atoms with van der Waals surface area (Å²) in [5, 5.41) is 19.0. The van der Waals surface area contributed by atoms with Crippen molar-refractivity contribution in [2.45, 2.75) is 65.0 Å². The van der Waals surface area contributed by atoms with Gasteiger partial charge in [-0.05, 0) is 105 Å². The summed E-state index contributed by atoms with van der Waals surface area (Å²) in [6, 6.07) is 30.6. The molecule has 2 atom stereocenters. The van der Waals surface area contributed by atoms with Crippen LogP contribution in [-0.4, -0.2) is 73.8 Å². The molecule has 12 nitrogen and oxygen atoms in total. The Morgan fingerprint density at radius 1 is 0.803 bits per heavy atom. The molecular formula is C46H50F2N4O8S. The lowest BCUT2D eigenvalue weighted by molar-refractivity contribution is 0.00836. The molecule has 0 heterocycles. The van der Waals surface area contributed by atoms with Crippen molar-refractivity contribution in [1.29, 1.82) is 0 Å². The number of oxime groups is 1. The molecule has 0 aliphatic rings. The van der Waals surface area contributed by atoms with Crippen LogP contribution in [0.2, 0.25) is 0 Å². The molecule has 0 fully saturated rings. The van der Waals surface area contributed by atoms with Crippen LogP contribution in [0.5, 0.6) is 5.75 Å². The van der Waals surface area contributed by atoms with Gasteiger partial charge in [0.1, 0.15) is 29.6 Å². The third kappa shape index (κ3) is 13.6. The first-order valence-electron chi connectivity index (χ1n) is 19.3. The maximum atomic E-state index is 14.5. The Labute approximate surface area is 355 Å². The van der Waals surface area contributed by atoms with Gasteiger partial charge in [-0.3, -0.25) is 4.79 Å². The third-order valence-corrected chi connectivity index (χ3v) is 10.2. The summed E-state index contributed by atoms with van der Waals surface area (Å²) in [5.41, 5.74) is 1.69. The number of halogens is 2. The summed E-state index contributed by atoms with van der Waals surface area (Å²) in [6.07, 6.45) is -1.55. The van der Waals surface area contributed by atoms with Crippen LogP contribution in [0.25, 0.3) is 0 Å². The van der Waals surface area contributed by atoms with E-state index in [1.807, 2.05) is 30.3 Å². The normalized spacial score (nSPS) is 12.8. The molecule has 0 bridgehead atoms. The van der Waals surface area contributed by atoms with Gasteiger partial charge in [0, 0.05) is 23.7 Å². The van der Waals surface area contributed by atoms with Crippen molar-refractivity contribution < 1.29 is 46.2 Å². The van der Waals surface area contributed by atoms with Crippen molar-refractivity contribution in [3.05, 3.63) is 161 Å². The summed E-state index contributed by atoms with van der Waals surface area (Å²) in [6.45, 7) is 6.44. The monoisotopic (exact) mass is 856 g/mol. The summed E-state index contributed by atoms with van der Waals surface area (Å²) >= 11 is 0. The molecule has 0 aliphatic carbocycles. The van der Waals surface area contributed by atoms with Gasteiger partial charge in [0.15, 0.2) is 0 Å². The molecule has 15 heteroatoms. The molecule has 5 aromatic rings. The highest BCUT2D eigenvalue weighted by atomic mass is 32.2. The fraction of sp³-hybridized carbons (Fsp3) is 0.283. The van der Waals surface area contributed by atoms with Crippen molar-refractivity contribution in [3.63, 3.8) is 0 Å². The van der Waals surface area contributed by atoms with Gasteiger partial charge in [-0.15, -0.1) is 0 Å². The second-order valence-corrected chi connectivity index (χ2v) is 17.2. The molecule has 0 spiro atoms. The number of anilines is 2. The third-order valence-electron chi connectivity index (χ3n) is 9.16. The van der Waals surface area contributed by atoms with Crippen LogP contribution in [0.3, 0.4) is 0 Å². The van der Waals surface area contributed by atoms with Crippen molar-refractivity contribution in [1.82, 2.24) is 10.2 Å². The number of para-hydroxylation sites is 1. The van der Waals surface area contributed by atoms with Crippen LogP contribution in [0.15, 0.2) is 126 Å². The first-order chi connectivity index (χ1) is 28.9. The molecule has 322 valence electrons. The number of hydrogen-bond acceptors (Lipinski definition) is 9. The molecule has 2 N–H and O–H groups in total. The highest BCUT2D eigenvalue weighted by molar-refractivity contribution is 7.92. The van der Waals surface area contributed by atoms with Gasteiger partial charge >= 0.3 is 6.09 Å². The van der Waals surface area contributed by atoms with Crippen LogP contribution in [-0.2, 0) is 39.2 Å². The van der Waals surface area contributed by atoms with Gasteiger partial charge < -0.3 is 29.6 Å². The van der Waals surface area contributed by atoms with Crippen molar-refractivity contribution in [3.8, 4) is 5.75 Å². The zero-order valence-electron chi connectivity index (χ0n) is 34.8. The summed E-state index contributed by atoms with van der Waals surface area (Å²) in [5.74, 6) is -1.98. The number of carbonyl (C=O) groups is 2. The molecule has 0 saturated carbocycles. The van der Waals surface area contributed by atoms with Gasteiger partial charge in [-0.2, -0.15) is 0 Å². The lowest BCUT2D eigenvalue weighted by Crippen LogP contribution is -2.51. The molecular weight excluding hydrogens is 807 g/mol. The molecule has 2 amide bonds. The Balaban J connectivity index is 1.55. The number of hydrogen-bond donors (Lipinski definition) is 2. The molecule has 5 rings (SSSR count). The minimum absolute atomic E-state index is 0.0321. The molecule has 0 radical (unpaired) electrons. The van der Waals surface area contributed by atoms with Crippen LogP contribution in [0.1, 0.15) is 60.3 Å². The second kappa shape index (κ2) is 20.3. The number of nitrogens with zero attached hydrogens (tertiary/aromatic N) is 3. The maximum Gasteiger partial charge on any atom is 0.410 e. The van der Waals surface area contributed by atoms with Crippen LogP contribution in [0.4, 0.5) is 25.0 Å².